The van der Waals surface area contributed by atoms with Crippen molar-refractivity contribution in [2.45, 2.75) is 51.4 Å². The van der Waals surface area contributed by atoms with Crippen LogP contribution in [0, 0.1) is 5.92 Å². The average Bonchev–Trinajstić information content (AvgIpc) is 3.11. The molecule has 0 spiro atoms. The SMILES string of the molecule is Cn1nc(NC(=O)CC2CCc3c(c(NS(C)(=O)=O)nn3C)C2)c2c1CCCC2. The van der Waals surface area contributed by atoms with Crippen molar-refractivity contribution in [3.63, 3.8) is 0 Å². The highest BCUT2D eigenvalue weighted by Gasteiger charge is 2.28. The molecule has 2 heterocycles. The second-order valence-corrected chi connectivity index (χ2v) is 9.99. The Hall–Kier alpha value is -2.36. The van der Waals surface area contributed by atoms with E-state index in [2.05, 4.69) is 20.2 Å². The minimum atomic E-state index is -3.40. The van der Waals surface area contributed by atoms with Crippen LogP contribution in [0.2, 0.25) is 0 Å². The highest BCUT2D eigenvalue weighted by molar-refractivity contribution is 7.92. The number of hydrogen-bond acceptors (Lipinski definition) is 5. The van der Waals surface area contributed by atoms with Crippen molar-refractivity contribution in [1.29, 1.82) is 0 Å². The molecule has 1 amide bonds. The molecule has 0 aromatic carbocycles. The minimum absolute atomic E-state index is 0.0357. The molecule has 0 radical (unpaired) electrons. The Bertz CT molecular complexity index is 1050. The van der Waals surface area contributed by atoms with Gasteiger partial charge in [-0.15, -0.1) is 0 Å². The van der Waals surface area contributed by atoms with Gasteiger partial charge in [0.1, 0.15) is 0 Å². The first kappa shape index (κ1) is 19.9. The lowest BCUT2D eigenvalue weighted by Gasteiger charge is -2.22. The lowest BCUT2D eigenvalue weighted by molar-refractivity contribution is -0.117. The lowest BCUT2D eigenvalue weighted by atomic mass is 9.85. The van der Waals surface area contributed by atoms with E-state index in [4.69, 9.17) is 0 Å². The number of nitrogens with zero attached hydrogens (tertiary/aromatic N) is 4. The molecule has 158 valence electrons. The van der Waals surface area contributed by atoms with Crippen molar-refractivity contribution in [3.05, 3.63) is 22.5 Å². The number of rotatable bonds is 5. The van der Waals surface area contributed by atoms with Gasteiger partial charge in [0.15, 0.2) is 11.6 Å². The third-order valence-electron chi connectivity index (χ3n) is 5.94. The number of carbonyl (C=O) groups is 1. The molecule has 0 saturated carbocycles. The van der Waals surface area contributed by atoms with Crippen molar-refractivity contribution < 1.29 is 13.2 Å². The number of aryl methyl sites for hydroxylation is 2. The summed E-state index contributed by atoms with van der Waals surface area (Å²) in [7, 11) is 0.354. The smallest absolute Gasteiger partial charge is 0.231 e. The summed E-state index contributed by atoms with van der Waals surface area (Å²) >= 11 is 0. The normalized spacial score (nSPS) is 18.8. The quantitative estimate of drug-likeness (QED) is 0.762. The van der Waals surface area contributed by atoms with Crippen molar-refractivity contribution >= 4 is 27.6 Å². The van der Waals surface area contributed by atoms with Gasteiger partial charge in [-0.2, -0.15) is 10.2 Å². The van der Waals surface area contributed by atoms with E-state index in [0.29, 0.717) is 24.5 Å². The van der Waals surface area contributed by atoms with E-state index < -0.39 is 10.0 Å². The highest BCUT2D eigenvalue weighted by Crippen LogP contribution is 2.33. The van der Waals surface area contributed by atoms with E-state index >= 15 is 0 Å². The van der Waals surface area contributed by atoms with E-state index in [1.54, 1.807) is 4.68 Å². The molecule has 0 bridgehead atoms. The summed E-state index contributed by atoms with van der Waals surface area (Å²) in [6.07, 6.45) is 8.06. The van der Waals surface area contributed by atoms with Gasteiger partial charge in [0, 0.05) is 43.0 Å². The molecule has 4 rings (SSSR count). The van der Waals surface area contributed by atoms with E-state index in [1.807, 2.05) is 18.8 Å². The van der Waals surface area contributed by atoms with Gasteiger partial charge in [0.05, 0.1) is 6.26 Å². The topological polar surface area (TPSA) is 111 Å². The van der Waals surface area contributed by atoms with Crippen LogP contribution in [0.25, 0.3) is 0 Å². The first-order valence-electron chi connectivity index (χ1n) is 10.1. The van der Waals surface area contributed by atoms with Crippen LogP contribution in [0.15, 0.2) is 0 Å². The third kappa shape index (κ3) is 4.17. The summed E-state index contributed by atoms with van der Waals surface area (Å²) in [5.74, 6) is 1.19. The van der Waals surface area contributed by atoms with Gasteiger partial charge < -0.3 is 5.32 Å². The summed E-state index contributed by atoms with van der Waals surface area (Å²) in [4.78, 5) is 12.7. The fourth-order valence-corrected chi connectivity index (χ4v) is 5.13. The number of nitrogens with one attached hydrogen (secondary N) is 2. The van der Waals surface area contributed by atoms with Crippen molar-refractivity contribution in [1.82, 2.24) is 19.6 Å². The molecule has 0 fully saturated rings. The monoisotopic (exact) mass is 420 g/mol. The van der Waals surface area contributed by atoms with E-state index in [9.17, 15) is 13.2 Å². The predicted molar refractivity (Wildman–Crippen MR) is 110 cm³/mol. The summed E-state index contributed by atoms with van der Waals surface area (Å²) < 4.78 is 29.4. The maximum atomic E-state index is 12.7. The summed E-state index contributed by atoms with van der Waals surface area (Å²) in [5, 5.41) is 11.9. The Morgan fingerprint density at radius 2 is 1.69 bits per heavy atom. The molecule has 2 aliphatic rings. The van der Waals surface area contributed by atoms with Crippen LogP contribution < -0.4 is 10.0 Å². The molecule has 1 atom stereocenters. The average molecular weight is 421 g/mol. The van der Waals surface area contributed by atoms with Crippen molar-refractivity contribution in [2.24, 2.45) is 20.0 Å². The fourth-order valence-electron chi connectivity index (χ4n) is 4.61. The molecular weight excluding hydrogens is 392 g/mol. The summed E-state index contributed by atoms with van der Waals surface area (Å²) in [6.45, 7) is 0. The van der Waals surface area contributed by atoms with Gasteiger partial charge in [-0.05, 0) is 50.9 Å². The molecule has 2 aromatic heterocycles. The molecule has 2 aromatic rings. The number of hydrogen-bond donors (Lipinski definition) is 2. The van der Waals surface area contributed by atoms with Gasteiger partial charge in [-0.25, -0.2) is 8.42 Å². The van der Waals surface area contributed by atoms with Crippen LogP contribution in [-0.2, 0) is 54.6 Å². The number of carbonyl (C=O) groups excluding carboxylic acids is 1. The Morgan fingerprint density at radius 3 is 2.41 bits per heavy atom. The number of fused-ring (bicyclic) bond motifs is 2. The Labute approximate surface area is 170 Å². The molecule has 0 saturated heterocycles. The lowest BCUT2D eigenvalue weighted by Crippen LogP contribution is -2.23. The number of anilines is 2. The third-order valence-corrected chi connectivity index (χ3v) is 6.50. The Kier molecular flexibility index (Phi) is 5.14. The zero-order chi connectivity index (χ0) is 20.8. The molecule has 0 aliphatic heterocycles. The van der Waals surface area contributed by atoms with Crippen LogP contribution in [0.5, 0.6) is 0 Å². The molecule has 1 unspecified atom stereocenters. The fraction of sp³-hybridized carbons (Fsp3) is 0.632. The second kappa shape index (κ2) is 7.47. The number of aromatic nitrogens is 4. The first-order valence-corrected chi connectivity index (χ1v) is 12.0. The van der Waals surface area contributed by atoms with E-state index in [-0.39, 0.29) is 11.8 Å². The summed E-state index contributed by atoms with van der Waals surface area (Å²) in [5.41, 5.74) is 4.33. The molecule has 2 aliphatic carbocycles. The van der Waals surface area contributed by atoms with Gasteiger partial charge in [0.25, 0.3) is 0 Å². The van der Waals surface area contributed by atoms with Gasteiger partial charge >= 0.3 is 0 Å². The zero-order valence-corrected chi connectivity index (χ0v) is 18.0. The second-order valence-electron chi connectivity index (χ2n) is 8.24. The van der Waals surface area contributed by atoms with Gasteiger partial charge in [-0.3, -0.25) is 18.9 Å². The van der Waals surface area contributed by atoms with Gasteiger partial charge in [-0.1, -0.05) is 0 Å². The maximum Gasteiger partial charge on any atom is 0.231 e. The summed E-state index contributed by atoms with van der Waals surface area (Å²) in [6, 6.07) is 0. The predicted octanol–water partition coefficient (Wildman–Crippen LogP) is 1.54. The molecule has 29 heavy (non-hydrogen) atoms. The Balaban J connectivity index is 1.45. The molecular formula is C19H28N6O3S. The van der Waals surface area contributed by atoms with Crippen molar-refractivity contribution in [3.8, 4) is 0 Å². The van der Waals surface area contributed by atoms with E-state index in [0.717, 1.165) is 49.6 Å². The minimum Gasteiger partial charge on any atom is -0.309 e. The standard InChI is InChI=1S/C19H28N6O3S/c1-24-15-7-5-4-6-13(15)18(21-24)20-17(26)11-12-8-9-16-14(10-12)19(22-25(16)2)23-29(3,27)28/h12H,4-11H2,1-3H3,(H,22,23)(H,20,21,26). The van der Waals surface area contributed by atoms with E-state index in [1.165, 1.54) is 17.7 Å². The first-order chi connectivity index (χ1) is 13.7. The van der Waals surface area contributed by atoms with Crippen LogP contribution in [-0.4, -0.2) is 40.1 Å². The largest absolute Gasteiger partial charge is 0.309 e. The molecule has 2 N–H and O–H groups in total. The van der Waals surface area contributed by atoms with Crippen molar-refractivity contribution in [2.75, 3.05) is 16.3 Å². The van der Waals surface area contributed by atoms with Crippen LogP contribution in [0.3, 0.4) is 0 Å². The van der Waals surface area contributed by atoms with Gasteiger partial charge in [0.2, 0.25) is 15.9 Å². The zero-order valence-electron chi connectivity index (χ0n) is 17.2. The number of amides is 1. The van der Waals surface area contributed by atoms with Crippen LogP contribution in [0.4, 0.5) is 11.6 Å². The molecule has 10 heteroatoms. The highest BCUT2D eigenvalue weighted by atomic mass is 32.2. The maximum absolute atomic E-state index is 12.7. The Morgan fingerprint density at radius 1 is 1.03 bits per heavy atom. The molecule has 9 nitrogen and oxygen atoms in total. The number of sulfonamides is 1. The van der Waals surface area contributed by atoms with Crippen LogP contribution >= 0.6 is 0 Å². The van der Waals surface area contributed by atoms with Crippen LogP contribution in [0.1, 0.15) is 48.2 Å².